The maximum atomic E-state index is 13.4. The van der Waals surface area contributed by atoms with E-state index >= 15 is 0 Å². The predicted molar refractivity (Wildman–Crippen MR) is 68.6 cm³/mol. The van der Waals surface area contributed by atoms with Gasteiger partial charge in [0.1, 0.15) is 0 Å². The molecule has 0 unspecified atom stereocenters. The molecule has 0 heterocycles. The summed E-state index contributed by atoms with van der Waals surface area (Å²) in [7, 11) is 1.35. The second-order valence-electron chi connectivity index (χ2n) is 3.91. The third-order valence-electron chi connectivity index (χ3n) is 2.52. The molecule has 1 aromatic rings. The number of carbonyl (C=O) groups excluding carboxylic acids is 2. The molecule has 1 aromatic carbocycles. The van der Waals surface area contributed by atoms with Gasteiger partial charge in [0.05, 0.1) is 7.11 Å². The van der Waals surface area contributed by atoms with Gasteiger partial charge < -0.3 is 15.8 Å². The Morgan fingerprint density at radius 1 is 1.37 bits per heavy atom. The van der Waals surface area contributed by atoms with Gasteiger partial charge in [0.25, 0.3) is 0 Å². The molecule has 0 aliphatic heterocycles. The van der Waals surface area contributed by atoms with Crippen molar-refractivity contribution in [2.24, 2.45) is 5.73 Å². The first-order valence-electron chi connectivity index (χ1n) is 5.92. The fourth-order valence-corrected chi connectivity index (χ4v) is 1.51. The third kappa shape index (κ3) is 4.67. The Labute approximate surface area is 110 Å². The molecule has 3 N–H and O–H groups in total. The molecule has 0 atom stereocenters. The monoisotopic (exact) mass is 268 g/mol. The van der Waals surface area contributed by atoms with E-state index in [1.165, 1.54) is 19.2 Å². The number of carbonyl (C=O) groups is 2. The van der Waals surface area contributed by atoms with E-state index in [-0.39, 0.29) is 35.8 Å². The van der Waals surface area contributed by atoms with E-state index in [0.29, 0.717) is 13.1 Å². The van der Waals surface area contributed by atoms with Crippen LogP contribution in [0.5, 0.6) is 5.75 Å². The average molecular weight is 268 g/mol. The summed E-state index contributed by atoms with van der Waals surface area (Å²) in [6, 6.07) is 3.97. The van der Waals surface area contributed by atoms with E-state index in [4.69, 9.17) is 10.5 Å². The molecule has 0 saturated carbocycles. The van der Waals surface area contributed by atoms with Crippen molar-refractivity contribution in [1.29, 1.82) is 0 Å². The minimum absolute atomic E-state index is 0.0299. The van der Waals surface area contributed by atoms with E-state index in [0.717, 1.165) is 6.07 Å². The number of hydrogen-bond acceptors (Lipinski definition) is 4. The Morgan fingerprint density at radius 2 is 2.11 bits per heavy atom. The normalized spacial score (nSPS) is 10.1. The van der Waals surface area contributed by atoms with Gasteiger partial charge in [-0.3, -0.25) is 9.59 Å². The number of rotatable bonds is 7. The van der Waals surface area contributed by atoms with E-state index in [1.807, 2.05) is 0 Å². The summed E-state index contributed by atoms with van der Waals surface area (Å²) in [6.45, 7) is 0.730. The fourth-order valence-electron chi connectivity index (χ4n) is 1.51. The van der Waals surface area contributed by atoms with Crippen LogP contribution in [0.4, 0.5) is 4.39 Å². The number of ketones is 1. The maximum absolute atomic E-state index is 13.4. The summed E-state index contributed by atoms with van der Waals surface area (Å²) < 4.78 is 18.2. The first-order chi connectivity index (χ1) is 9.08. The SMILES string of the molecule is COc1ccc(C(=O)CCC(=O)NCCN)cc1F. The molecule has 0 radical (unpaired) electrons. The predicted octanol–water partition coefficient (Wildman–Crippen LogP) is 0.872. The van der Waals surface area contributed by atoms with Crippen LogP contribution in [0, 0.1) is 5.82 Å². The summed E-state index contributed by atoms with van der Waals surface area (Å²) in [6.07, 6.45) is 0.0919. The van der Waals surface area contributed by atoms with Crippen LogP contribution in [0.3, 0.4) is 0 Å². The Kier molecular flexibility index (Phi) is 5.95. The molecule has 1 amide bonds. The van der Waals surface area contributed by atoms with Crippen LogP contribution in [0.15, 0.2) is 18.2 Å². The van der Waals surface area contributed by atoms with Crippen LogP contribution in [0.25, 0.3) is 0 Å². The highest BCUT2D eigenvalue weighted by Gasteiger charge is 2.11. The van der Waals surface area contributed by atoms with Gasteiger partial charge in [-0.1, -0.05) is 0 Å². The van der Waals surface area contributed by atoms with Crippen molar-refractivity contribution in [3.8, 4) is 5.75 Å². The Balaban J connectivity index is 2.54. The second kappa shape index (κ2) is 7.48. The minimum atomic E-state index is -0.596. The summed E-state index contributed by atoms with van der Waals surface area (Å²) in [5, 5.41) is 2.56. The van der Waals surface area contributed by atoms with Gasteiger partial charge in [-0.05, 0) is 18.2 Å². The highest BCUT2D eigenvalue weighted by molar-refractivity contribution is 5.98. The van der Waals surface area contributed by atoms with Crippen molar-refractivity contribution in [2.75, 3.05) is 20.2 Å². The lowest BCUT2D eigenvalue weighted by Gasteiger charge is -2.05. The number of hydrogen-bond donors (Lipinski definition) is 2. The van der Waals surface area contributed by atoms with Crippen molar-refractivity contribution < 1.29 is 18.7 Å². The van der Waals surface area contributed by atoms with Crippen LogP contribution in [0.1, 0.15) is 23.2 Å². The fraction of sp³-hybridized carbons (Fsp3) is 0.385. The summed E-state index contributed by atoms with van der Waals surface area (Å²) in [5.74, 6) is -1.05. The van der Waals surface area contributed by atoms with Crippen molar-refractivity contribution in [3.63, 3.8) is 0 Å². The summed E-state index contributed by atoms with van der Waals surface area (Å²) in [5.41, 5.74) is 5.46. The number of amides is 1. The quantitative estimate of drug-likeness (QED) is 0.719. The van der Waals surface area contributed by atoms with Gasteiger partial charge in [0.2, 0.25) is 5.91 Å². The topological polar surface area (TPSA) is 81.4 Å². The van der Waals surface area contributed by atoms with Crippen LogP contribution < -0.4 is 15.8 Å². The molecule has 0 spiro atoms. The molecule has 0 aliphatic carbocycles. The molecule has 0 aromatic heterocycles. The van der Waals surface area contributed by atoms with Crippen molar-refractivity contribution in [3.05, 3.63) is 29.6 Å². The van der Waals surface area contributed by atoms with Gasteiger partial charge in [0.15, 0.2) is 17.3 Å². The zero-order valence-electron chi connectivity index (χ0n) is 10.7. The summed E-state index contributed by atoms with van der Waals surface area (Å²) in [4.78, 5) is 23.1. The van der Waals surface area contributed by atoms with E-state index < -0.39 is 5.82 Å². The number of halogens is 1. The molecule has 0 bridgehead atoms. The molecule has 0 saturated heterocycles. The third-order valence-corrected chi connectivity index (χ3v) is 2.52. The smallest absolute Gasteiger partial charge is 0.220 e. The number of ether oxygens (including phenoxy) is 1. The summed E-state index contributed by atoms with van der Waals surface area (Å²) >= 11 is 0. The number of Topliss-reactive ketones (excluding diaryl/α,β-unsaturated/α-hetero) is 1. The minimum Gasteiger partial charge on any atom is -0.494 e. The second-order valence-corrected chi connectivity index (χ2v) is 3.91. The van der Waals surface area contributed by atoms with Crippen LogP contribution in [-0.4, -0.2) is 31.9 Å². The van der Waals surface area contributed by atoms with Crippen LogP contribution in [0.2, 0.25) is 0 Å². The molecular weight excluding hydrogens is 251 g/mol. The number of benzene rings is 1. The average Bonchev–Trinajstić information content (AvgIpc) is 2.42. The van der Waals surface area contributed by atoms with Crippen molar-refractivity contribution in [2.45, 2.75) is 12.8 Å². The van der Waals surface area contributed by atoms with Gasteiger partial charge in [0, 0.05) is 31.5 Å². The van der Waals surface area contributed by atoms with E-state index in [1.54, 1.807) is 0 Å². The van der Waals surface area contributed by atoms with Crippen LogP contribution in [-0.2, 0) is 4.79 Å². The molecular formula is C13H17FN2O3. The molecule has 6 heteroatoms. The van der Waals surface area contributed by atoms with Crippen molar-refractivity contribution >= 4 is 11.7 Å². The highest BCUT2D eigenvalue weighted by Crippen LogP contribution is 2.18. The van der Waals surface area contributed by atoms with Gasteiger partial charge >= 0.3 is 0 Å². The molecule has 104 valence electrons. The Bertz CT molecular complexity index is 463. The number of nitrogens with two attached hydrogens (primary N) is 1. The lowest BCUT2D eigenvalue weighted by atomic mass is 10.1. The first-order valence-corrected chi connectivity index (χ1v) is 5.92. The number of nitrogens with one attached hydrogen (secondary N) is 1. The zero-order chi connectivity index (χ0) is 14.3. The molecule has 0 fully saturated rings. The van der Waals surface area contributed by atoms with E-state index in [2.05, 4.69) is 5.32 Å². The molecule has 5 nitrogen and oxygen atoms in total. The molecule has 0 aliphatic rings. The molecule has 1 rings (SSSR count). The lowest BCUT2D eigenvalue weighted by Crippen LogP contribution is -2.29. The lowest BCUT2D eigenvalue weighted by molar-refractivity contribution is -0.121. The van der Waals surface area contributed by atoms with Gasteiger partial charge in [-0.25, -0.2) is 4.39 Å². The van der Waals surface area contributed by atoms with E-state index in [9.17, 15) is 14.0 Å². The maximum Gasteiger partial charge on any atom is 0.220 e. The van der Waals surface area contributed by atoms with Gasteiger partial charge in [-0.15, -0.1) is 0 Å². The standard InChI is InChI=1S/C13H17FN2O3/c1-19-12-4-2-9(8-10(12)14)11(17)3-5-13(18)16-7-6-15/h2,4,8H,3,5-7,15H2,1H3,(H,16,18). The van der Waals surface area contributed by atoms with Crippen LogP contribution >= 0.6 is 0 Å². The van der Waals surface area contributed by atoms with Crippen molar-refractivity contribution in [1.82, 2.24) is 5.32 Å². The molecule has 19 heavy (non-hydrogen) atoms. The number of methoxy groups -OCH3 is 1. The largest absolute Gasteiger partial charge is 0.494 e. The Hall–Kier alpha value is -1.95. The Morgan fingerprint density at radius 3 is 2.68 bits per heavy atom. The van der Waals surface area contributed by atoms with Gasteiger partial charge in [-0.2, -0.15) is 0 Å². The zero-order valence-corrected chi connectivity index (χ0v) is 10.7. The first kappa shape index (κ1) is 15.1. The highest BCUT2D eigenvalue weighted by atomic mass is 19.1.